The maximum Gasteiger partial charge on any atom is 0.407 e. The minimum atomic E-state index is -0.946. The fourth-order valence-corrected chi connectivity index (χ4v) is 1.43. The van der Waals surface area contributed by atoms with Gasteiger partial charge in [-0.15, -0.1) is 0 Å². The first kappa shape index (κ1) is 8.67. The topological polar surface area (TPSA) is 89.3 Å². The number of rotatable bonds is 1. The Balaban J connectivity index is 2.61. The van der Waals surface area contributed by atoms with E-state index in [1.165, 1.54) is 4.90 Å². The lowest BCUT2D eigenvalue weighted by Gasteiger charge is -2.16. The molecule has 0 spiro atoms. The Morgan fingerprint density at radius 1 is 1.83 bits per heavy atom. The van der Waals surface area contributed by atoms with Gasteiger partial charge in [-0.2, -0.15) is 0 Å². The predicted molar refractivity (Wildman–Crippen MR) is 41.7 cm³/mol. The van der Waals surface area contributed by atoms with E-state index in [9.17, 15) is 4.79 Å². The molecule has 1 amide bonds. The standard InChI is InChI=1S/C6H10N4O2/c1-4-2-5(8-9-7)3-10(4)6(11)12/h4-5H,2-3H2,1H3,(H,11,12). The van der Waals surface area contributed by atoms with Gasteiger partial charge in [-0.3, -0.25) is 0 Å². The van der Waals surface area contributed by atoms with Gasteiger partial charge in [0.15, 0.2) is 0 Å². The number of carboxylic acid groups (broad SMARTS) is 1. The van der Waals surface area contributed by atoms with Crippen molar-refractivity contribution in [1.29, 1.82) is 0 Å². The average Bonchev–Trinajstić information content (AvgIpc) is 2.32. The molecule has 0 bridgehead atoms. The number of likely N-dealkylation sites (tertiary alicyclic amines) is 1. The van der Waals surface area contributed by atoms with Crippen molar-refractivity contribution in [1.82, 2.24) is 4.90 Å². The lowest BCUT2D eigenvalue weighted by molar-refractivity contribution is 0.143. The summed E-state index contributed by atoms with van der Waals surface area (Å²) in [5.41, 5.74) is 8.13. The molecule has 0 saturated carbocycles. The summed E-state index contributed by atoms with van der Waals surface area (Å²) in [5, 5.41) is 12.1. The number of azide groups is 1. The third-order valence-electron chi connectivity index (χ3n) is 2.01. The van der Waals surface area contributed by atoms with E-state index in [1.807, 2.05) is 0 Å². The molecule has 1 rings (SSSR count). The van der Waals surface area contributed by atoms with Crippen LogP contribution in [0.2, 0.25) is 0 Å². The molecular formula is C6H10N4O2. The third-order valence-corrected chi connectivity index (χ3v) is 2.01. The number of amides is 1. The summed E-state index contributed by atoms with van der Waals surface area (Å²) in [6.45, 7) is 2.13. The van der Waals surface area contributed by atoms with Crippen LogP contribution in [-0.4, -0.2) is 34.7 Å². The molecule has 1 saturated heterocycles. The first-order valence-electron chi connectivity index (χ1n) is 3.69. The molecule has 0 aromatic heterocycles. The highest BCUT2D eigenvalue weighted by atomic mass is 16.4. The third kappa shape index (κ3) is 1.60. The minimum absolute atomic E-state index is 0.0435. The van der Waals surface area contributed by atoms with Gasteiger partial charge >= 0.3 is 6.09 Å². The predicted octanol–water partition coefficient (Wildman–Crippen LogP) is 1.44. The molecule has 12 heavy (non-hydrogen) atoms. The van der Waals surface area contributed by atoms with Gasteiger partial charge in [-0.25, -0.2) is 4.79 Å². The van der Waals surface area contributed by atoms with Crippen molar-refractivity contribution in [2.45, 2.75) is 25.4 Å². The normalized spacial score (nSPS) is 28.2. The van der Waals surface area contributed by atoms with Gasteiger partial charge in [-0.1, -0.05) is 5.11 Å². The van der Waals surface area contributed by atoms with Gasteiger partial charge < -0.3 is 10.0 Å². The zero-order chi connectivity index (χ0) is 9.14. The number of nitrogens with zero attached hydrogens (tertiary/aromatic N) is 4. The minimum Gasteiger partial charge on any atom is -0.465 e. The molecule has 1 heterocycles. The first-order valence-corrected chi connectivity index (χ1v) is 3.69. The van der Waals surface area contributed by atoms with Crippen LogP contribution in [0, 0.1) is 0 Å². The van der Waals surface area contributed by atoms with E-state index in [1.54, 1.807) is 6.92 Å². The van der Waals surface area contributed by atoms with E-state index in [0.717, 1.165) is 0 Å². The van der Waals surface area contributed by atoms with E-state index in [-0.39, 0.29) is 12.1 Å². The Labute approximate surface area is 69.4 Å². The van der Waals surface area contributed by atoms with E-state index < -0.39 is 6.09 Å². The smallest absolute Gasteiger partial charge is 0.407 e. The molecule has 1 aliphatic heterocycles. The molecule has 6 heteroatoms. The zero-order valence-corrected chi connectivity index (χ0v) is 6.71. The Kier molecular flexibility index (Phi) is 2.40. The Hall–Kier alpha value is -1.42. The van der Waals surface area contributed by atoms with Crippen molar-refractivity contribution >= 4 is 6.09 Å². The van der Waals surface area contributed by atoms with E-state index in [2.05, 4.69) is 10.0 Å². The summed E-state index contributed by atoms with van der Waals surface area (Å²) < 4.78 is 0. The van der Waals surface area contributed by atoms with Crippen LogP contribution in [0.25, 0.3) is 10.4 Å². The Bertz CT molecular complexity index is 236. The number of hydrogen-bond acceptors (Lipinski definition) is 2. The lowest BCUT2D eigenvalue weighted by Crippen LogP contribution is -2.32. The van der Waals surface area contributed by atoms with Crippen LogP contribution in [0.5, 0.6) is 0 Å². The van der Waals surface area contributed by atoms with Crippen LogP contribution in [0.1, 0.15) is 13.3 Å². The highest BCUT2D eigenvalue weighted by molar-refractivity contribution is 5.65. The SMILES string of the molecule is CC1CC(N=[N+]=[N-])CN1C(=O)O. The van der Waals surface area contributed by atoms with Crippen molar-refractivity contribution in [3.8, 4) is 0 Å². The number of carbonyl (C=O) groups is 1. The molecule has 0 aromatic rings. The van der Waals surface area contributed by atoms with Crippen LogP contribution in [0.3, 0.4) is 0 Å². The lowest BCUT2D eigenvalue weighted by atomic mass is 10.2. The second-order valence-electron chi connectivity index (χ2n) is 2.88. The van der Waals surface area contributed by atoms with Gasteiger partial charge in [0.25, 0.3) is 0 Å². The molecule has 0 aromatic carbocycles. The Morgan fingerprint density at radius 3 is 2.92 bits per heavy atom. The maximum atomic E-state index is 10.6. The molecule has 0 radical (unpaired) electrons. The number of hydrogen-bond donors (Lipinski definition) is 1. The maximum absolute atomic E-state index is 10.6. The largest absolute Gasteiger partial charge is 0.465 e. The Morgan fingerprint density at radius 2 is 2.50 bits per heavy atom. The van der Waals surface area contributed by atoms with Crippen LogP contribution < -0.4 is 0 Å². The monoisotopic (exact) mass is 170 g/mol. The molecular weight excluding hydrogens is 160 g/mol. The first-order chi connectivity index (χ1) is 5.65. The van der Waals surface area contributed by atoms with Crippen LogP contribution in [0.4, 0.5) is 4.79 Å². The average molecular weight is 170 g/mol. The van der Waals surface area contributed by atoms with Gasteiger partial charge in [0, 0.05) is 17.5 Å². The van der Waals surface area contributed by atoms with Gasteiger partial charge in [-0.05, 0) is 18.9 Å². The van der Waals surface area contributed by atoms with Crippen molar-refractivity contribution in [3.05, 3.63) is 10.4 Å². The van der Waals surface area contributed by atoms with Crippen LogP contribution in [0.15, 0.2) is 5.11 Å². The molecule has 66 valence electrons. The van der Waals surface area contributed by atoms with Crippen molar-refractivity contribution in [3.63, 3.8) is 0 Å². The van der Waals surface area contributed by atoms with Crippen molar-refractivity contribution < 1.29 is 9.90 Å². The molecule has 1 N–H and O–H groups in total. The zero-order valence-electron chi connectivity index (χ0n) is 6.71. The summed E-state index contributed by atoms with van der Waals surface area (Å²) in [6, 6.07) is -0.237. The van der Waals surface area contributed by atoms with E-state index in [0.29, 0.717) is 13.0 Å². The van der Waals surface area contributed by atoms with Crippen molar-refractivity contribution in [2.75, 3.05) is 6.54 Å². The van der Waals surface area contributed by atoms with Crippen LogP contribution >= 0.6 is 0 Å². The fourth-order valence-electron chi connectivity index (χ4n) is 1.43. The van der Waals surface area contributed by atoms with Gasteiger partial charge in [0.1, 0.15) is 0 Å². The van der Waals surface area contributed by atoms with E-state index in [4.69, 9.17) is 10.6 Å². The van der Waals surface area contributed by atoms with E-state index >= 15 is 0 Å². The van der Waals surface area contributed by atoms with Gasteiger partial charge in [0.05, 0.1) is 6.04 Å². The summed E-state index contributed by atoms with van der Waals surface area (Å²) in [5.74, 6) is 0. The summed E-state index contributed by atoms with van der Waals surface area (Å²) >= 11 is 0. The highest BCUT2D eigenvalue weighted by Gasteiger charge is 2.31. The fraction of sp³-hybridized carbons (Fsp3) is 0.833. The quantitative estimate of drug-likeness (QED) is 0.366. The highest BCUT2D eigenvalue weighted by Crippen LogP contribution is 2.19. The summed E-state index contributed by atoms with van der Waals surface area (Å²) in [4.78, 5) is 14.5. The van der Waals surface area contributed by atoms with Gasteiger partial charge in [0.2, 0.25) is 0 Å². The molecule has 1 fully saturated rings. The van der Waals surface area contributed by atoms with Crippen molar-refractivity contribution in [2.24, 2.45) is 5.11 Å². The molecule has 1 aliphatic rings. The summed E-state index contributed by atoms with van der Waals surface area (Å²) in [7, 11) is 0. The molecule has 0 aliphatic carbocycles. The van der Waals surface area contributed by atoms with Crippen LogP contribution in [-0.2, 0) is 0 Å². The molecule has 2 unspecified atom stereocenters. The second-order valence-corrected chi connectivity index (χ2v) is 2.88. The summed E-state index contributed by atoms with van der Waals surface area (Å²) in [6.07, 6.45) is -0.325. The molecule has 6 nitrogen and oxygen atoms in total. The molecule has 2 atom stereocenters. The second kappa shape index (κ2) is 3.32.